The quantitative estimate of drug-likeness (QED) is 0.771. The third-order valence-electron chi connectivity index (χ3n) is 5.21. The molecule has 3 nitrogen and oxygen atoms in total. The van der Waals surface area contributed by atoms with E-state index in [4.69, 9.17) is 0 Å². The Morgan fingerprint density at radius 2 is 1.90 bits per heavy atom. The van der Waals surface area contributed by atoms with Gasteiger partial charge in [0.1, 0.15) is 0 Å². The van der Waals surface area contributed by atoms with Crippen molar-refractivity contribution in [3.05, 3.63) is 0 Å². The van der Waals surface area contributed by atoms with Gasteiger partial charge in [0.25, 0.3) is 0 Å². The Morgan fingerprint density at radius 3 is 2.50 bits per heavy atom. The number of carbonyl (C=O) groups excluding carboxylic acids is 1. The van der Waals surface area contributed by atoms with E-state index in [-0.39, 0.29) is 12.2 Å². The summed E-state index contributed by atoms with van der Waals surface area (Å²) >= 11 is 0. The van der Waals surface area contributed by atoms with E-state index < -0.39 is 0 Å². The van der Waals surface area contributed by atoms with E-state index in [1.807, 2.05) is 0 Å². The molecule has 20 heavy (non-hydrogen) atoms. The van der Waals surface area contributed by atoms with Gasteiger partial charge in [0.2, 0.25) is 5.91 Å². The van der Waals surface area contributed by atoms with Crippen LogP contribution in [-0.2, 0) is 4.79 Å². The highest BCUT2D eigenvalue weighted by Crippen LogP contribution is 2.33. The molecule has 1 heterocycles. The van der Waals surface area contributed by atoms with E-state index in [2.05, 4.69) is 31.0 Å². The smallest absolute Gasteiger partial charge is 0.241 e. The molecular weight excluding hydrogens is 248 g/mol. The molecule has 116 valence electrons. The van der Waals surface area contributed by atoms with Crippen molar-refractivity contribution < 1.29 is 4.79 Å². The monoisotopic (exact) mass is 280 g/mol. The number of hydrogen-bond acceptors (Lipinski definition) is 2. The van der Waals surface area contributed by atoms with Gasteiger partial charge in [-0.05, 0) is 38.5 Å². The molecule has 2 fully saturated rings. The van der Waals surface area contributed by atoms with Gasteiger partial charge in [0.15, 0.2) is 0 Å². The van der Waals surface area contributed by atoms with Gasteiger partial charge in [-0.15, -0.1) is 0 Å². The van der Waals surface area contributed by atoms with Crippen molar-refractivity contribution in [3.8, 4) is 0 Å². The summed E-state index contributed by atoms with van der Waals surface area (Å²) in [6.07, 6.45) is 11.1. The minimum atomic E-state index is 0.0790. The molecule has 1 aliphatic heterocycles. The molecule has 0 spiro atoms. The van der Waals surface area contributed by atoms with E-state index in [0.717, 1.165) is 31.6 Å². The molecule has 0 bridgehead atoms. The lowest BCUT2D eigenvalue weighted by atomic mass is 9.97. The third-order valence-corrected chi connectivity index (χ3v) is 5.21. The van der Waals surface area contributed by atoms with Crippen LogP contribution in [-0.4, -0.2) is 29.1 Å². The molecule has 3 unspecified atom stereocenters. The van der Waals surface area contributed by atoms with Gasteiger partial charge in [-0.25, -0.2) is 0 Å². The Kier molecular flexibility index (Phi) is 5.88. The van der Waals surface area contributed by atoms with Gasteiger partial charge >= 0.3 is 0 Å². The topological polar surface area (TPSA) is 32.3 Å². The first kappa shape index (κ1) is 15.8. The zero-order chi connectivity index (χ0) is 14.5. The molecule has 0 aromatic rings. The van der Waals surface area contributed by atoms with Crippen LogP contribution in [0.2, 0.25) is 0 Å². The fourth-order valence-corrected chi connectivity index (χ4v) is 3.98. The predicted octanol–water partition coefficient (Wildman–Crippen LogP) is 3.68. The van der Waals surface area contributed by atoms with E-state index in [9.17, 15) is 4.79 Å². The van der Waals surface area contributed by atoms with Crippen LogP contribution in [0.15, 0.2) is 0 Å². The third kappa shape index (κ3) is 3.36. The molecule has 1 saturated carbocycles. The molecule has 3 heteroatoms. The van der Waals surface area contributed by atoms with Gasteiger partial charge in [-0.1, -0.05) is 46.0 Å². The standard InChI is InChI=1S/C17H32N2O/c1-4-6-12-15-17(20)19(16(18-15)9-5-2)13(3)14-10-7-8-11-14/h13-16,18H,4-12H2,1-3H3. The van der Waals surface area contributed by atoms with E-state index in [0.29, 0.717) is 11.9 Å². The first-order chi connectivity index (χ1) is 9.69. The lowest BCUT2D eigenvalue weighted by molar-refractivity contribution is -0.133. The summed E-state index contributed by atoms with van der Waals surface area (Å²) in [4.78, 5) is 15.0. The molecule has 1 N–H and O–H groups in total. The van der Waals surface area contributed by atoms with Crippen molar-refractivity contribution in [2.75, 3.05) is 0 Å². The fourth-order valence-electron chi connectivity index (χ4n) is 3.98. The van der Waals surface area contributed by atoms with E-state index in [1.54, 1.807) is 0 Å². The molecule has 1 aliphatic carbocycles. The van der Waals surface area contributed by atoms with Crippen molar-refractivity contribution in [1.82, 2.24) is 10.2 Å². The number of nitrogens with zero attached hydrogens (tertiary/aromatic N) is 1. The first-order valence-electron chi connectivity index (χ1n) is 8.77. The van der Waals surface area contributed by atoms with Gasteiger partial charge in [-0.3, -0.25) is 10.1 Å². The van der Waals surface area contributed by atoms with Gasteiger partial charge in [0.05, 0.1) is 12.2 Å². The number of carbonyl (C=O) groups is 1. The van der Waals surface area contributed by atoms with Crippen LogP contribution >= 0.6 is 0 Å². The van der Waals surface area contributed by atoms with Gasteiger partial charge < -0.3 is 4.90 Å². The Labute approximate surface area is 124 Å². The van der Waals surface area contributed by atoms with Crippen molar-refractivity contribution in [3.63, 3.8) is 0 Å². The molecule has 1 saturated heterocycles. The Balaban J connectivity index is 2.03. The number of hydrogen-bond donors (Lipinski definition) is 1. The van der Waals surface area contributed by atoms with Crippen LogP contribution in [0.25, 0.3) is 0 Å². The number of unbranched alkanes of at least 4 members (excludes halogenated alkanes) is 1. The van der Waals surface area contributed by atoms with E-state index in [1.165, 1.54) is 32.1 Å². The Bertz CT molecular complexity index is 312. The number of amides is 1. The largest absolute Gasteiger partial charge is 0.323 e. The highest BCUT2D eigenvalue weighted by atomic mass is 16.2. The summed E-state index contributed by atoms with van der Waals surface area (Å²) in [5, 5.41) is 3.61. The van der Waals surface area contributed by atoms with Crippen LogP contribution in [0.5, 0.6) is 0 Å². The second kappa shape index (κ2) is 7.44. The highest BCUT2D eigenvalue weighted by molar-refractivity contribution is 5.84. The number of rotatable bonds is 7. The van der Waals surface area contributed by atoms with Crippen molar-refractivity contribution in [2.45, 2.75) is 96.8 Å². The van der Waals surface area contributed by atoms with Crippen molar-refractivity contribution in [2.24, 2.45) is 5.92 Å². The molecular formula is C17H32N2O. The average Bonchev–Trinajstić information content (AvgIpc) is 3.05. The molecule has 1 amide bonds. The molecule has 3 atom stereocenters. The van der Waals surface area contributed by atoms with Crippen molar-refractivity contribution >= 4 is 5.91 Å². The lowest BCUT2D eigenvalue weighted by Crippen LogP contribution is -2.46. The van der Waals surface area contributed by atoms with Gasteiger partial charge in [-0.2, -0.15) is 0 Å². The van der Waals surface area contributed by atoms with Crippen LogP contribution in [0.3, 0.4) is 0 Å². The van der Waals surface area contributed by atoms with Crippen LogP contribution < -0.4 is 5.32 Å². The van der Waals surface area contributed by atoms with E-state index >= 15 is 0 Å². The SMILES string of the molecule is CCCCC1NC(CCC)N(C(C)C2CCCC2)C1=O. The average molecular weight is 280 g/mol. The Hall–Kier alpha value is -0.570. The second-order valence-corrected chi connectivity index (χ2v) is 6.70. The zero-order valence-electron chi connectivity index (χ0n) is 13.5. The normalized spacial score (nSPS) is 29.4. The van der Waals surface area contributed by atoms with Crippen LogP contribution in [0, 0.1) is 5.92 Å². The highest BCUT2D eigenvalue weighted by Gasteiger charge is 2.42. The lowest BCUT2D eigenvalue weighted by Gasteiger charge is -2.34. The minimum absolute atomic E-state index is 0.0790. The summed E-state index contributed by atoms with van der Waals surface area (Å²) < 4.78 is 0. The minimum Gasteiger partial charge on any atom is -0.323 e. The summed E-state index contributed by atoms with van der Waals surface area (Å²) in [6.45, 7) is 6.69. The maximum Gasteiger partial charge on any atom is 0.241 e. The summed E-state index contributed by atoms with van der Waals surface area (Å²) in [6, 6.07) is 0.496. The molecule has 0 radical (unpaired) electrons. The first-order valence-corrected chi connectivity index (χ1v) is 8.77. The summed E-state index contributed by atoms with van der Waals surface area (Å²) in [7, 11) is 0. The molecule has 2 aliphatic rings. The van der Waals surface area contributed by atoms with Crippen LogP contribution in [0.1, 0.15) is 78.6 Å². The molecule has 2 rings (SSSR count). The molecule has 0 aromatic heterocycles. The van der Waals surface area contributed by atoms with Gasteiger partial charge in [0, 0.05) is 6.04 Å². The summed E-state index contributed by atoms with van der Waals surface area (Å²) in [5.41, 5.74) is 0. The summed E-state index contributed by atoms with van der Waals surface area (Å²) in [5.74, 6) is 1.10. The predicted molar refractivity (Wildman–Crippen MR) is 83.4 cm³/mol. The fraction of sp³-hybridized carbons (Fsp3) is 0.941. The number of nitrogens with one attached hydrogen (secondary N) is 1. The second-order valence-electron chi connectivity index (χ2n) is 6.70. The van der Waals surface area contributed by atoms with Crippen LogP contribution in [0.4, 0.5) is 0 Å². The Morgan fingerprint density at radius 1 is 1.20 bits per heavy atom. The molecule has 0 aromatic carbocycles. The maximum absolute atomic E-state index is 12.8. The zero-order valence-corrected chi connectivity index (χ0v) is 13.5. The van der Waals surface area contributed by atoms with Crippen molar-refractivity contribution in [1.29, 1.82) is 0 Å². The maximum atomic E-state index is 12.8.